The fourth-order valence-electron chi connectivity index (χ4n) is 3.26. The summed E-state index contributed by atoms with van der Waals surface area (Å²) in [6.07, 6.45) is 17.3. The molecule has 0 aliphatic heterocycles. The van der Waals surface area contributed by atoms with Crippen LogP contribution in [0.15, 0.2) is 109 Å². The molecule has 4 heteroatoms. The van der Waals surface area contributed by atoms with Crippen LogP contribution < -0.4 is 10.6 Å². The van der Waals surface area contributed by atoms with Crippen molar-refractivity contribution in [1.29, 1.82) is 0 Å². The van der Waals surface area contributed by atoms with E-state index in [1.54, 1.807) is 19.1 Å². The summed E-state index contributed by atoms with van der Waals surface area (Å²) in [6, 6.07) is 19.3. The van der Waals surface area contributed by atoms with Crippen LogP contribution in [0.5, 0.6) is 0 Å². The Morgan fingerprint density at radius 2 is 1.48 bits per heavy atom. The molecule has 1 radical (unpaired) electrons. The summed E-state index contributed by atoms with van der Waals surface area (Å²) in [6.45, 7) is 2.43. The van der Waals surface area contributed by atoms with Gasteiger partial charge >= 0.3 is 17.1 Å². The smallest absolute Gasteiger partial charge is 0.346 e. The van der Waals surface area contributed by atoms with Gasteiger partial charge in [0.25, 0.3) is 0 Å². The maximum absolute atomic E-state index is 12.3. The first-order valence-corrected chi connectivity index (χ1v) is 11.6. The van der Waals surface area contributed by atoms with Crippen molar-refractivity contribution < 1.29 is 26.7 Å². The molecule has 1 unspecified atom stereocenters. The van der Waals surface area contributed by atoms with Gasteiger partial charge in [0.2, 0.25) is 0 Å². The Hall–Kier alpha value is -2.62. The van der Waals surface area contributed by atoms with Crippen molar-refractivity contribution in [3.63, 3.8) is 0 Å². The first kappa shape index (κ1) is 26.4. The standard InChI is InChI=1S/C20H15O2P.C5H5.C2H5.Mn/c21-15-17-9-7-8-14-20(17)23(16-22,18-10-3-1-4-11-18)19-12-5-2-6-13-19;1-2-4-5-3-1;1-2;/h1-14,20H;1-3H,4H2;1H2,2H3;/q;2*-1;+2. The van der Waals surface area contributed by atoms with E-state index in [4.69, 9.17) is 0 Å². The molecule has 0 N–H and O–H groups in total. The van der Waals surface area contributed by atoms with Crippen molar-refractivity contribution in [2.75, 3.05) is 0 Å². The monoisotopic (exact) mass is 467 g/mol. The van der Waals surface area contributed by atoms with E-state index in [1.807, 2.05) is 90.9 Å². The van der Waals surface area contributed by atoms with Crippen LogP contribution in [0.3, 0.4) is 0 Å². The van der Waals surface area contributed by atoms with Crippen LogP contribution in [0.25, 0.3) is 0 Å². The molecule has 0 bridgehead atoms. The summed E-state index contributed by atoms with van der Waals surface area (Å²) in [4.78, 5) is 23.7. The Morgan fingerprint density at radius 3 is 1.87 bits per heavy atom. The quantitative estimate of drug-likeness (QED) is 0.272. The van der Waals surface area contributed by atoms with Crippen molar-refractivity contribution in [2.45, 2.75) is 19.0 Å². The van der Waals surface area contributed by atoms with Gasteiger partial charge in [0.1, 0.15) is 11.6 Å². The zero-order valence-electron chi connectivity index (χ0n) is 17.4. The fraction of sp³-hybridized carbons (Fsp3) is 0.111. The zero-order valence-corrected chi connectivity index (χ0v) is 19.5. The summed E-state index contributed by atoms with van der Waals surface area (Å²) in [5.74, 6) is 2.01. The molecule has 0 spiro atoms. The third-order valence-corrected chi connectivity index (χ3v) is 8.39. The molecule has 31 heavy (non-hydrogen) atoms. The topological polar surface area (TPSA) is 34.1 Å². The zero-order chi connectivity index (χ0) is 21.7. The van der Waals surface area contributed by atoms with E-state index in [9.17, 15) is 9.59 Å². The maximum atomic E-state index is 12.3. The van der Waals surface area contributed by atoms with E-state index in [1.165, 1.54) is 0 Å². The molecule has 2 nitrogen and oxygen atoms in total. The van der Waals surface area contributed by atoms with Crippen LogP contribution in [-0.4, -0.2) is 17.3 Å². The average Bonchev–Trinajstić information content (AvgIpc) is 3.43. The van der Waals surface area contributed by atoms with E-state index in [-0.39, 0.29) is 22.7 Å². The van der Waals surface area contributed by atoms with E-state index < -0.39 is 6.89 Å². The summed E-state index contributed by atoms with van der Waals surface area (Å²) in [7, 11) is 0. The first-order chi connectivity index (χ1) is 14.8. The van der Waals surface area contributed by atoms with Gasteiger partial charge in [-0.05, 0) is 16.7 Å². The van der Waals surface area contributed by atoms with Crippen molar-refractivity contribution >= 4 is 29.1 Å². The minimum atomic E-state index is -2.57. The Bertz CT molecular complexity index is 999. The second kappa shape index (κ2) is 14.4. The van der Waals surface area contributed by atoms with Gasteiger partial charge in [0, 0.05) is 12.5 Å². The van der Waals surface area contributed by atoms with Crippen LogP contribution in [-0.2, 0) is 26.7 Å². The van der Waals surface area contributed by atoms with Crippen molar-refractivity contribution in [3.8, 4) is 0 Å². The molecule has 157 valence electrons. The van der Waals surface area contributed by atoms with E-state index in [2.05, 4.69) is 24.7 Å². The molecule has 0 aromatic heterocycles. The second-order valence-corrected chi connectivity index (χ2v) is 9.45. The Morgan fingerprint density at radius 1 is 0.903 bits per heavy atom. The third kappa shape index (κ3) is 6.43. The molecule has 0 heterocycles. The normalized spacial score (nSPS) is 15.4. The van der Waals surface area contributed by atoms with Gasteiger partial charge in [0.05, 0.1) is 5.66 Å². The Kier molecular flexibility index (Phi) is 12.3. The predicted octanol–water partition coefficient (Wildman–Crippen LogP) is 5.12. The molecule has 0 amide bonds. The van der Waals surface area contributed by atoms with Crippen LogP contribution >= 0.6 is 6.89 Å². The van der Waals surface area contributed by atoms with Gasteiger partial charge in [-0.1, -0.05) is 78.9 Å². The molecule has 4 rings (SSSR count). The number of benzene rings is 2. The average molecular weight is 467 g/mol. The predicted molar refractivity (Wildman–Crippen MR) is 129 cm³/mol. The molecule has 2 aromatic carbocycles. The largest absolute Gasteiger partial charge is 2.00 e. The molecular weight excluding hydrogens is 442 g/mol. The number of rotatable bonds is 3. The van der Waals surface area contributed by atoms with Gasteiger partial charge < -0.3 is 6.92 Å². The SMILES string of the molecule is O=C=C1C=CC=CC1P(=C=O)(c1ccccc1)c1ccccc1.[C-]1=CC=CC1.[CH2-]C.[Mn+2]. The van der Waals surface area contributed by atoms with Gasteiger partial charge in [0.15, 0.2) is 0 Å². The third-order valence-electron chi connectivity index (χ3n) is 4.59. The first-order valence-electron chi connectivity index (χ1n) is 9.74. The minimum Gasteiger partial charge on any atom is -0.346 e. The summed E-state index contributed by atoms with van der Waals surface area (Å²) >= 11 is 0. The van der Waals surface area contributed by atoms with Gasteiger partial charge in [-0.3, -0.25) is 6.08 Å². The molecule has 0 saturated carbocycles. The molecule has 2 aromatic rings. The number of allylic oxidation sites excluding steroid dienone is 9. The number of hydrogen-bond acceptors (Lipinski definition) is 2. The molecule has 2 aliphatic rings. The van der Waals surface area contributed by atoms with Crippen molar-refractivity contribution in [1.82, 2.24) is 0 Å². The van der Waals surface area contributed by atoms with Crippen molar-refractivity contribution in [3.05, 3.63) is 122 Å². The minimum absolute atomic E-state index is 0. The van der Waals surface area contributed by atoms with Gasteiger partial charge in [-0.2, -0.15) is 13.0 Å². The van der Waals surface area contributed by atoms with E-state index >= 15 is 0 Å². The molecule has 0 fully saturated rings. The van der Waals surface area contributed by atoms with Gasteiger partial charge in [-0.15, -0.1) is 6.42 Å². The van der Waals surface area contributed by atoms with Crippen LogP contribution in [0.4, 0.5) is 0 Å². The second-order valence-electron chi connectivity index (χ2n) is 6.23. The van der Waals surface area contributed by atoms with Crippen LogP contribution in [0, 0.1) is 13.0 Å². The maximum Gasteiger partial charge on any atom is 2.00 e. The van der Waals surface area contributed by atoms with E-state index in [0.717, 1.165) is 17.0 Å². The summed E-state index contributed by atoms with van der Waals surface area (Å²) < 4.78 is 0. The van der Waals surface area contributed by atoms with Gasteiger partial charge in [-0.25, -0.2) is 21.7 Å². The van der Waals surface area contributed by atoms with Crippen molar-refractivity contribution in [2.24, 2.45) is 0 Å². The number of carbonyl (C=O) groups excluding carboxylic acids is 2. The molecular formula is C27H25MnO2P. The van der Waals surface area contributed by atoms with Crippen LogP contribution in [0.1, 0.15) is 13.3 Å². The molecule has 0 saturated heterocycles. The Balaban J connectivity index is 0.000000520. The molecule has 2 aliphatic carbocycles. The summed E-state index contributed by atoms with van der Waals surface area (Å²) in [5, 5.41) is 1.83. The molecule has 1 atom stereocenters. The summed E-state index contributed by atoms with van der Waals surface area (Å²) in [5.41, 5.74) is 2.53. The fourth-order valence-corrected chi connectivity index (χ4v) is 6.73. The van der Waals surface area contributed by atoms with Crippen LogP contribution in [0.2, 0.25) is 0 Å². The Labute approximate surface area is 196 Å². The number of hydrogen-bond donors (Lipinski definition) is 0. The van der Waals surface area contributed by atoms with E-state index in [0.29, 0.717) is 5.57 Å².